The molecule has 0 aliphatic carbocycles. The second kappa shape index (κ2) is 10.7. The van der Waals surface area contributed by atoms with Gasteiger partial charge in [-0.25, -0.2) is 4.79 Å². The van der Waals surface area contributed by atoms with Crippen LogP contribution in [0, 0.1) is 11.3 Å². The van der Waals surface area contributed by atoms with E-state index < -0.39 is 5.92 Å². The number of carbonyl (C=O) groups is 3. The molecule has 0 saturated carbocycles. The summed E-state index contributed by atoms with van der Waals surface area (Å²) in [6.07, 6.45) is 1.36. The van der Waals surface area contributed by atoms with Crippen molar-refractivity contribution >= 4 is 23.5 Å². The summed E-state index contributed by atoms with van der Waals surface area (Å²) in [4.78, 5) is 38.2. The minimum atomic E-state index is -0.424. The van der Waals surface area contributed by atoms with Crippen LogP contribution in [0.15, 0.2) is 24.3 Å². The first-order valence-electron chi connectivity index (χ1n) is 9.85. The number of rotatable bonds is 9. The molecule has 158 valence electrons. The summed E-state index contributed by atoms with van der Waals surface area (Å²) in [5, 5.41) is 7.39. The molecule has 1 saturated heterocycles. The van der Waals surface area contributed by atoms with E-state index >= 15 is 0 Å². The fourth-order valence-corrected chi connectivity index (χ4v) is 3.26. The zero-order valence-electron chi connectivity index (χ0n) is 17.0. The molecule has 0 radical (unpaired) electrons. The van der Waals surface area contributed by atoms with Gasteiger partial charge in [-0.15, -0.1) is 0 Å². The van der Waals surface area contributed by atoms with Gasteiger partial charge in [-0.05, 0) is 19.8 Å². The van der Waals surface area contributed by atoms with Gasteiger partial charge in [-0.2, -0.15) is 0 Å². The number of piperidine rings is 1. The maximum atomic E-state index is 12.7. The molecule has 29 heavy (non-hydrogen) atoms. The monoisotopic (exact) mass is 403 g/mol. The molecule has 0 unspecified atom stereocenters. The van der Waals surface area contributed by atoms with E-state index in [2.05, 4.69) is 0 Å². The van der Waals surface area contributed by atoms with Crippen LogP contribution in [-0.2, 0) is 19.1 Å². The lowest BCUT2D eigenvalue weighted by Gasteiger charge is -2.33. The van der Waals surface area contributed by atoms with Crippen molar-refractivity contribution in [2.45, 2.75) is 39.2 Å². The number of nitrogens with zero attached hydrogens (tertiary/aromatic N) is 1. The fraction of sp³-hybridized carbons (Fsp3) is 0.524. The van der Waals surface area contributed by atoms with Crippen LogP contribution in [0.1, 0.15) is 49.0 Å². The standard InChI is InChI=1S/C21H29N3O5/c1-3-28-19(26)13-29-17-8-10-24(11-9-17)21(27)14(2)12-18(25)15-4-6-16(7-5-15)20(22)23/h4-7,14,17H,3,8-13H2,1-2H3,(H3,22,23)/t14-/m1/s1. The Balaban J connectivity index is 1.79. The van der Waals surface area contributed by atoms with Crippen LogP contribution in [0.2, 0.25) is 0 Å². The molecule has 1 aliphatic heterocycles. The number of nitrogens with two attached hydrogens (primary N) is 1. The number of nitrogens with one attached hydrogen (secondary N) is 1. The van der Waals surface area contributed by atoms with Crippen LogP contribution in [0.3, 0.4) is 0 Å². The van der Waals surface area contributed by atoms with E-state index in [0.717, 1.165) is 0 Å². The lowest BCUT2D eigenvalue weighted by molar-refractivity contribution is -0.152. The van der Waals surface area contributed by atoms with E-state index in [1.165, 1.54) is 0 Å². The summed E-state index contributed by atoms with van der Waals surface area (Å²) >= 11 is 0. The normalized spacial score (nSPS) is 15.6. The van der Waals surface area contributed by atoms with Crippen molar-refractivity contribution in [3.63, 3.8) is 0 Å². The highest BCUT2D eigenvalue weighted by Crippen LogP contribution is 2.19. The topological polar surface area (TPSA) is 123 Å². The minimum Gasteiger partial charge on any atom is -0.464 e. The van der Waals surface area contributed by atoms with E-state index in [-0.39, 0.29) is 42.6 Å². The number of likely N-dealkylation sites (tertiary alicyclic amines) is 1. The molecule has 0 spiro atoms. The predicted molar refractivity (Wildman–Crippen MR) is 108 cm³/mol. The molecule has 0 aromatic heterocycles. The second-order valence-electron chi connectivity index (χ2n) is 7.16. The maximum absolute atomic E-state index is 12.7. The quantitative estimate of drug-likeness (QED) is 0.280. The van der Waals surface area contributed by atoms with Gasteiger partial charge in [0, 0.05) is 36.6 Å². The highest BCUT2D eigenvalue weighted by molar-refractivity contribution is 6.00. The molecule has 8 heteroatoms. The van der Waals surface area contributed by atoms with Crippen LogP contribution in [-0.4, -0.2) is 60.8 Å². The molecule has 1 heterocycles. The van der Waals surface area contributed by atoms with Crippen molar-refractivity contribution < 1.29 is 23.9 Å². The zero-order chi connectivity index (χ0) is 21.4. The van der Waals surface area contributed by atoms with Crippen molar-refractivity contribution in [2.24, 2.45) is 11.7 Å². The number of esters is 1. The van der Waals surface area contributed by atoms with Gasteiger partial charge in [-0.1, -0.05) is 31.2 Å². The molecule has 1 fully saturated rings. The van der Waals surface area contributed by atoms with E-state index in [1.54, 1.807) is 43.0 Å². The second-order valence-corrected chi connectivity index (χ2v) is 7.16. The average Bonchev–Trinajstić information content (AvgIpc) is 2.72. The Kier molecular flexibility index (Phi) is 8.33. The Bertz CT molecular complexity index is 739. The minimum absolute atomic E-state index is 0.0532. The van der Waals surface area contributed by atoms with Gasteiger partial charge < -0.3 is 20.1 Å². The molecule has 1 amide bonds. The van der Waals surface area contributed by atoms with Gasteiger partial charge in [-0.3, -0.25) is 15.0 Å². The number of Topliss-reactive ketones (excluding diaryl/α,β-unsaturated/α-hetero) is 1. The Morgan fingerprint density at radius 3 is 2.31 bits per heavy atom. The first kappa shape index (κ1) is 22.5. The number of benzene rings is 1. The number of amidine groups is 1. The number of nitrogen functional groups attached to an aromatic ring is 1. The van der Waals surface area contributed by atoms with Crippen molar-refractivity contribution in [1.29, 1.82) is 5.41 Å². The Hall–Kier alpha value is -2.74. The Morgan fingerprint density at radius 2 is 1.76 bits per heavy atom. The smallest absolute Gasteiger partial charge is 0.332 e. The molecular weight excluding hydrogens is 374 g/mol. The van der Waals surface area contributed by atoms with Crippen LogP contribution >= 0.6 is 0 Å². The van der Waals surface area contributed by atoms with E-state index in [9.17, 15) is 14.4 Å². The molecule has 0 bridgehead atoms. The van der Waals surface area contributed by atoms with E-state index in [1.807, 2.05) is 0 Å². The zero-order valence-corrected chi connectivity index (χ0v) is 17.0. The molecule has 2 rings (SSSR count). The van der Waals surface area contributed by atoms with Crippen LogP contribution < -0.4 is 5.73 Å². The summed E-state index contributed by atoms with van der Waals surface area (Å²) in [5.41, 5.74) is 6.47. The third kappa shape index (κ3) is 6.67. The molecule has 1 atom stereocenters. The summed E-state index contributed by atoms with van der Waals surface area (Å²) in [6.45, 7) is 4.84. The third-order valence-electron chi connectivity index (χ3n) is 4.93. The van der Waals surface area contributed by atoms with E-state index in [4.69, 9.17) is 20.6 Å². The summed E-state index contributed by atoms with van der Waals surface area (Å²) in [7, 11) is 0. The van der Waals surface area contributed by atoms with Gasteiger partial charge in [0.25, 0.3) is 0 Å². The highest BCUT2D eigenvalue weighted by Gasteiger charge is 2.28. The average molecular weight is 403 g/mol. The number of amides is 1. The van der Waals surface area contributed by atoms with Gasteiger partial charge in [0.15, 0.2) is 5.78 Å². The van der Waals surface area contributed by atoms with Crippen molar-refractivity contribution in [1.82, 2.24) is 4.90 Å². The molecular formula is C21H29N3O5. The molecule has 3 N–H and O–H groups in total. The largest absolute Gasteiger partial charge is 0.464 e. The third-order valence-corrected chi connectivity index (χ3v) is 4.93. The lowest BCUT2D eigenvalue weighted by Crippen LogP contribution is -2.43. The first-order chi connectivity index (χ1) is 13.8. The number of hydrogen-bond acceptors (Lipinski definition) is 6. The van der Waals surface area contributed by atoms with Crippen LogP contribution in [0.4, 0.5) is 0 Å². The van der Waals surface area contributed by atoms with Crippen molar-refractivity contribution in [2.75, 3.05) is 26.3 Å². The van der Waals surface area contributed by atoms with Crippen molar-refractivity contribution in [3.05, 3.63) is 35.4 Å². The van der Waals surface area contributed by atoms with Gasteiger partial charge in [0.05, 0.1) is 12.7 Å². The molecule has 1 aliphatic rings. The first-order valence-corrected chi connectivity index (χ1v) is 9.85. The Morgan fingerprint density at radius 1 is 1.17 bits per heavy atom. The van der Waals surface area contributed by atoms with E-state index in [0.29, 0.717) is 43.7 Å². The predicted octanol–water partition coefficient (Wildman–Crippen LogP) is 1.75. The number of ether oxygens (including phenoxy) is 2. The SMILES string of the molecule is CCOC(=O)COC1CCN(C(=O)[C@H](C)CC(=O)c2ccc(C(=N)N)cc2)CC1. The molecule has 1 aromatic carbocycles. The summed E-state index contributed by atoms with van der Waals surface area (Å²) in [6, 6.07) is 6.51. The molecule has 8 nitrogen and oxygen atoms in total. The summed E-state index contributed by atoms with van der Waals surface area (Å²) in [5.74, 6) is -1.03. The lowest BCUT2D eigenvalue weighted by atomic mass is 9.96. The summed E-state index contributed by atoms with van der Waals surface area (Å²) < 4.78 is 10.4. The van der Waals surface area contributed by atoms with Gasteiger partial charge in [0.1, 0.15) is 12.4 Å². The highest BCUT2D eigenvalue weighted by atomic mass is 16.6. The molecule has 1 aromatic rings. The van der Waals surface area contributed by atoms with Gasteiger partial charge >= 0.3 is 5.97 Å². The van der Waals surface area contributed by atoms with Gasteiger partial charge in [0.2, 0.25) is 5.91 Å². The van der Waals surface area contributed by atoms with Crippen LogP contribution in [0.5, 0.6) is 0 Å². The fourth-order valence-electron chi connectivity index (χ4n) is 3.26. The van der Waals surface area contributed by atoms with Crippen LogP contribution in [0.25, 0.3) is 0 Å². The van der Waals surface area contributed by atoms with Crippen molar-refractivity contribution in [3.8, 4) is 0 Å². The number of hydrogen-bond donors (Lipinski definition) is 2. The number of ketones is 1. The number of carbonyl (C=O) groups excluding carboxylic acids is 3. The Labute approximate surface area is 170 Å². The maximum Gasteiger partial charge on any atom is 0.332 e.